The van der Waals surface area contributed by atoms with Gasteiger partial charge in [-0.2, -0.15) is 4.31 Å². The van der Waals surface area contributed by atoms with E-state index in [1.807, 2.05) is 0 Å². The minimum Gasteiger partial charge on any atom is -0.450 e. The summed E-state index contributed by atoms with van der Waals surface area (Å²) >= 11 is 1.16. The van der Waals surface area contributed by atoms with Gasteiger partial charge < -0.3 is 14.8 Å². The molecule has 0 unspecified atom stereocenters. The van der Waals surface area contributed by atoms with E-state index >= 15 is 0 Å². The van der Waals surface area contributed by atoms with Crippen molar-refractivity contribution >= 4 is 33.2 Å². The highest BCUT2D eigenvalue weighted by molar-refractivity contribution is 7.91. The fourth-order valence-corrected chi connectivity index (χ4v) is 6.04. The topological polar surface area (TPSA) is 102 Å². The summed E-state index contributed by atoms with van der Waals surface area (Å²) in [6.45, 7) is 2.59. The number of rotatable bonds is 6. The molecule has 0 saturated carbocycles. The normalized spacial score (nSPS) is 20.1. The summed E-state index contributed by atoms with van der Waals surface area (Å²) < 4.78 is 37.5. The number of carbonyl (C=O) groups excluding carboxylic acids is 2. The Balaban J connectivity index is 1.77. The number of thiophene rings is 1. The Morgan fingerprint density at radius 1 is 1.41 bits per heavy atom. The van der Waals surface area contributed by atoms with Gasteiger partial charge in [-0.05, 0) is 18.4 Å². The van der Waals surface area contributed by atoms with Gasteiger partial charge in [-0.25, -0.2) is 13.2 Å². The lowest BCUT2D eigenvalue weighted by Crippen LogP contribution is -2.50. The lowest BCUT2D eigenvalue weighted by atomic mass is 9.83. The van der Waals surface area contributed by atoms with E-state index in [-0.39, 0.29) is 41.6 Å². The lowest BCUT2D eigenvalue weighted by molar-refractivity contribution is -0.150. The van der Waals surface area contributed by atoms with E-state index in [4.69, 9.17) is 9.47 Å². The van der Waals surface area contributed by atoms with Crippen LogP contribution in [0.3, 0.4) is 0 Å². The van der Waals surface area contributed by atoms with Gasteiger partial charge in [0, 0.05) is 45.2 Å². The van der Waals surface area contributed by atoms with Crippen molar-refractivity contribution in [3.63, 3.8) is 0 Å². The first-order valence-corrected chi connectivity index (χ1v) is 10.9. The molecule has 0 bridgehead atoms. The van der Waals surface area contributed by atoms with E-state index in [0.717, 1.165) is 11.3 Å². The van der Waals surface area contributed by atoms with Crippen LogP contribution in [-0.4, -0.2) is 63.6 Å². The zero-order valence-corrected chi connectivity index (χ0v) is 16.8. The van der Waals surface area contributed by atoms with Crippen LogP contribution < -0.4 is 5.32 Å². The van der Waals surface area contributed by atoms with Crippen molar-refractivity contribution < 1.29 is 27.5 Å². The van der Waals surface area contributed by atoms with Crippen LogP contribution in [0.25, 0.3) is 0 Å². The van der Waals surface area contributed by atoms with Gasteiger partial charge in [0.15, 0.2) is 0 Å². The van der Waals surface area contributed by atoms with E-state index in [2.05, 4.69) is 5.32 Å². The molecule has 1 aromatic heterocycles. The van der Waals surface area contributed by atoms with Crippen LogP contribution in [0.15, 0.2) is 32.9 Å². The molecule has 2 aliphatic rings. The van der Waals surface area contributed by atoms with Crippen molar-refractivity contribution in [1.29, 1.82) is 0 Å². The van der Waals surface area contributed by atoms with Gasteiger partial charge in [0.25, 0.3) is 15.9 Å². The predicted octanol–water partition coefficient (Wildman–Crippen LogP) is 0.907. The Hall–Kier alpha value is -1.75. The number of carbonyl (C=O) groups is 2. The maximum absolute atomic E-state index is 12.7. The van der Waals surface area contributed by atoms with Crippen LogP contribution in [0, 0.1) is 0 Å². The largest absolute Gasteiger partial charge is 0.450 e. The number of methoxy groups -OCH3 is 1. The number of esters is 1. The Morgan fingerprint density at radius 2 is 2.11 bits per heavy atom. The number of amides is 1. The first kappa shape index (κ1) is 20.0. The van der Waals surface area contributed by atoms with Gasteiger partial charge in [0.1, 0.15) is 9.81 Å². The van der Waals surface area contributed by atoms with Crippen LogP contribution in [0.5, 0.6) is 0 Å². The van der Waals surface area contributed by atoms with E-state index < -0.39 is 21.6 Å². The zero-order valence-electron chi connectivity index (χ0n) is 15.2. The van der Waals surface area contributed by atoms with Crippen LogP contribution in [0.2, 0.25) is 0 Å². The molecule has 0 atom stereocenters. The highest BCUT2D eigenvalue weighted by atomic mass is 32.2. The standard InChI is InChI=1S/C17H22N2O6S2/c1-12-14(15(20)18-7-10-24-2)17(25-16(12)21)5-8-19(9-6-17)27(22,23)13-4-3-11-26-13/h3-4,11H,5-10H2,1-2H3,(H,18,20). The molecule has 1 aromatic rings. The van der Waals surface area contributed by atoms with Gasteiger partial charge in [0.2, 0.25) is 0 Å². The molecule has 1 fully saturated rings. The zero-order chi connectivity index (χ0) is 19.7. The van der Waals surface area contributed by atoms with E-state index in [9.17, 15) is 18.0 Å². The number of ether oxygens (including phenoxy) is 2. The second kappa shape index (κ2) is 7.70. The lowest BCUT2D eigenvalue weighted by Gasteiger charge is -2.38. The highest BCUT2D eigenvalue weighted by Gasteiger charge is 2.52. The van der Waals surface area contributed by atoms with Crippen molar-refractivity contribution in [2.75, 3.05) is 33.4 Å². The number of hydrogen-bond acceptors (Lipinski definition) is 7. The van der Waals surface area contributed by atoms with Crippen molar-refractivity contribution in [2.45, 2.75) is 29.6 Å². The van der Waals surface area contributed by atoms with Crippen molar-refractivity contribution in [2.24, 2.45) is 0 Å². The third-order valence-electron chi connectivity index (χ3n) is 4.86. The summed E-state index contributed by atoms with van der Waals surface area (Å²) in [5.41, 5.74) is -0.490. The number of nitrogens with zero attached hydrogens (tertiary/aromatic N) is 1. The number of nitrogens with one attached hydrogen (secondary N) is 1. The fourth-order valence-electron chi connectivity index (χ4n) is 3.46. The van der Waals surface area contributed by atoms with Crippen LogP contribution in [-0.2, 0) is 29.1 Å². The SMILES string of the molecule is COCCNC(=O)C1=C(C)C(=O)OC12CCN(S(=O)(=O)c1cccs1)CC2. The summed E-state index contributed by atoms with van der Waals surface area (Å²) in [7, 11) is -2.04. The minimum absolute atomic E-state index is 0.176. The molecule has 148 valence electrons. The molecule has 3 rings (SSSR count). The Labute approximate surface area is 162 Å². The van der Waals surface area contributed by atoms with Crippen LogP contribution in [0.4, 0.5) is 0 Å². The van der Waals surface area contributed by atoms with Crippen molar-refractivity contribution in [3.05, 3.63) is 28.7 Å². The second-order valence-electron chi connectivity index (χ2n) is 6.47. The third-order valence-corrected chi connectivity index (χ3v) is 8.13. The maximum Gasteiger partial charge on any atom is 0.335 e. The summed E-state index contributed by atoms with van der Waals surface area (Å²) in [5, 5.41) is 4.44. The van der Waals surface area contributed by atoms with Crippen LogP contribution in [0.1, 0.15) is 19.8 Å². The summed E-state index contributed by atoms with van der Waals surface area (Å²) in [5.74, 6) is -0.897. The van der Waals surface area contributed by atoms with Gasteiger partial charge in [-0.1, -0.05) is 6.07 Å². The van der Waals surface area contributed by atoms with E-state index in [1.165, 1.54) is 11.4 Å². The molecule has 0 radical (unpaired) electrons. The molecule has 10 heteroatoms. The Kier molecular flexibility index (Phi) is 5.71. The van der Waals surface area contributed by atoms with Gasteiger partial charge in [0.05, 0.1) is 12.2 Å². The molecule has 1 spiro atoms. The molecule has 3 heterocycles. The number of sulfonamides is 1. The summed E-state index contributed by atoms with van der Waals surface area (Å²) in [4.78, 5) is 24.8. The van der Waals surface area contributed by atoms with Gasteiger partial charge in [-0.15, -0.1) is 11.3 Å². The van der Waals surface area contributed by atoms with Crippen molar-refractivity contribution in [3.8, 4) is 0 Å². The van der Waals surface area contributed by atoms with E-state index in [0.29, 0.717) is 18.7 Å². The molecule has 1 N–H and O–H groups in total. The molecule has 2 aliphatic heterocycles. The molecular weight excluding hydrogens is 392 g/mol. The van der Waals surface area contributed by atoms with Gasteiger partial charge in [-0.3, -0.25) is 4.79 Å². The average Bonchev–Trinajstić information content (AvgIpc) is 3.24. The molecule has 27 heavy (non-hydrogen) atoms. The van der Waals surface area contributed by atoms with Gasteiger partial charge >= 0.3 is 5.97 Å². The molecule has 8 nitrogen and oxygen atoms in total. The highest BCUT2D eigenvalue weighted by Crippen LogP contribution is 2.42. The number of piperidine rings is 1. The van der Waals surface area contributed by atoms with E-state index in [1.54, 1.807) is 24.4 Å². The minimum atomic E-state index is -3.57. The van der Waals surface area contributed by atoms with Crippen LogP contribution >= 0.6 is 11.3 Å². The maximum atomic E-state index is 12.7. The second-order valence-corrected chi connectivity index (χ2v) is 9.58. The molecular formula is C17H22N2O6S2. The fraction of sp³-hybridized carbons (Fsp3) is 0.529. The third kappa shape index (κ3) is 3.66. The Morgan fingerprint density at radius 3 is 2.70 bits per heavy atom. The van der Waals surface area contributed by atoms with Crippen molar-refractivity contribution in [1.82, 2.24) is 9.62 Å². The summed E-state index contributed by atoms with van der Waals surface area (Å²) in [6, 6.07) is 3.26. The Bertz CT molecular complexity index is 852. The predicted molar refractivity (Wildman–Crippen MR) is 98.7 cm³/mol. The smallest absolute Gasteiger partial charge is 0.335 e. The quantitative estimate of drug-likeness (QED) is 0.548. The first-order valence-electron chi connectivity index (χ1n) is 8.57. The molecule has 1 saturated heterocycles. The monoisotopic (exact) mass is 414 g/mol. The molecule has 0 aliphatic carbocycles. The average molecular weight is 415 g/mol. The first-order chi connectivity index (χ1) is 12.8. The molecule has 1 amide bonds. The molecule has 0 aromatic carbocycles. The number of hydrogen-bond donors (Lipinski definition) is 1. The summed E-state index contributed by atoms with van der Waals surface area (Å²) in [6.07, 6.45) is 0.488.